The minimum absolute atomic E-state index is 0.0812. The highest BCUT2D eigenvalue weighted by Gasteiger charge is 2.13. The Morgan fingerprint density at radius 1 is 1.24 bits per heavy atom. The fraction of sp³-hybridized carbons (Fsp3) is 0.158. The van der Waals surface area contributed by atoms with Crippen LogP contribution in [0.1, 0.15) is 15.9 Å². The van der Waals surface area contributed by atoms with Gasteiger partial charge in [0.25, 0.3) is 0 Å². The van der Waals surface area contributed by atoms with Gasteiger partial charge in [-0.05, 0) is 29.8 Å². The summed E-state index contributed by atoms with van der Waals surface area (Å²) in [6.45, 7) is 0.501. The molecule has 0 spiro atoms. The van der Waals surface area contributed by atoms with Gasteiger partial charge in [0.05, 0.1) is 18.2 Å². The van der Waals surface area contributed by atoms with E-state index in [2.05, 4.69) is 4.98 Å². The van der Waals surface area contributed by atoms with Crippen LogP contribution in [-0.4, -0.2) is 30.2 Å². The fourth-order valence-corrected chi connectivity index (χ4v) is 2.75. The van der Waals surface area contributed by atoms with Crippen LogP contribution in [0.3, 0.4) is 0 Å². The van der Waals surface area contributed by atoms with E-state index in [1.165, 1.54) is 7.11 Å². The van der Waals surface area contributed by atoms with Crippen molar-refractivity contribution in [3.8, 4) is 11.5 Å². The second-order valence-corrected chi connectivity index (χ2v) is 5.77. The second kappa shape index (κ2) is 6.68. The molecule has 6 nitrogen and oxygen atoms in total. The number of fused-ring (bicyclic) bond motifs is 1. The molecule has 0 saturated carbocycles. The number of nitrogens with two attached hydrogens (primary N) is 1. The lowest BCUT2D eigenvalue weighted by atomic mass is 10.1. The van der Waals surface area contributed by atoms with Gasteiger partial charge in [0, 0.05) is 19.0 Å². The van der Waals surface area contributed by atoms with Crippen molar-refractivity contribution in [1.29, 1.82) is 0 Å². The molecule has 1 heterocycles. The molecule has 2 aromatic carbocycles. The average Bonchev–Trinajstić information content (AvgIpc) is 2.60. The number of aromatic hydroxyl groups is 1. The number of rotatable bonds is 5. The summed E-state index contributed by atoms with van der Waals surface area (Å²) in [4.78, 5) is 18.3. The Balaban J connectivity index is 1.95. The van der Waals surface area contributed by atoms with Crippen molar-refractivity contribution in [2.45, 2.75) is 6.54 Å². The van der Waals surface area contributed by atoms with Crippen molar-refractivity contribution in [3.05, 3.63) is 59.7 Å². The first-order valence-corrected chi connectivity index (χ1v) is 7.76. The standard InChI is InChI=1S/C19H19N3O3/c1-22(11-12-7-8-17(25-2)16(23)9-12)18-10-14(19(20)24)13-5-3-4-6-15(13)21-18/h3-10,23H,11H2,1-2H3,(H2,20,24). The van der Waals surface area contributed by atoms with E-state index in [4.69, 9.17) is 10.5 Å². The molecule has 0 aliphatic heterocycles. The highest BCUT2D eigenvalue weighted by molar-refractivity contribution is 6.06. The van der Waals surface area contributed by atoms with Crippen LogP contribution in [0.15, 0.2) is 48.5 Å². The van der Waals surface area contributed by atoms with Gasteiger partial charge >= 0.3 is 0 Å². The number of ether oxygens (including phenoxy) is 1. The summed E-state index contributed by atoms with van der Waals surface area (Å²) in [5.74, 6) is 0.641. The van der Waals surface area contributed by atoms with E-state index in [-0.39, 0.29) is 5.75 Å². The zero-order valence-electron chi connectivity index (χ0n) is 14.1. The summed E-state index contributed by atoms with van der Waals surface area (Å²) in [5.41, 5.74) is 7.55. The Bertz CT molecular complexity index is 940. The number of carbonyl (C=O) groups excluding carboxylic acids is 1. The maximum Gasteiger partial charge on any atom is 0.249 e. The number of pyridine rings is 1. The van der Waals surface area contributed by atoms with Crippen molar-refractivity contribution in [1.82, 2.24) is 4.98 Å². The number of para-hydroxylation sites is 1. The molecular weight excluding hydrogens is 318 g/mol. The number of nitrogens with zero attached hydrogens (tertiary/aromatic N) is 2. The molecule has 128 valence electrons. The van der Waals surface area contributed by atoms with Crippen molar-refractivity contribution >= 4 is 22.6 Å². The van der Waals surface area contributed by atoms with Gasteiger partial charge in [0.15, 0.2) is 11.5 Å². The van der Waals surface area contributed by atoms with E-state index in [9.17, 15) is 9.90 Å². The van der Waals surface area contributed by atoms with E-state index >= 15 is 0 Å². The molecule has 6 heteroatoms. The molecule has 0 bridgehead atoms. The first kappa shape index (κ1) is 16.6. The van der Waals surface area contributed by atoms with Gasteiger partial charge in [-0.3, -0.25) is 4.79 Å². The third-order valence-electron chi connectivity index (χ3n) is 4.02. The number of amides is 1. The number of primary amides is 1. The molecule has 0 fully saturated rings. The van der Waals surface area contributed by atoms with Crippen LogP contribution in [0.2, 0.25) is 0 Å². The van der Waals surface area contributed by atoms with Crippen LogP contribution in [-0.2, 0) is 6.54 Å². The summed E-state index contributed by atoms with van der Waals surface area (Å²) in [6.07, 6.45) is 0. The van der Waals surface area contributed by atoms with Crippen molar-refractivity contribution < 1.29 is 14.6 Å². The van der Waals surface area contributed by atoms with Crippen LogP contribution in [0.4, 0.5) is 5.82 Å². The Hall–Kier alpha value is -3.28. The maximum absolute atomic E-state index is 11.8. The van der Waals surface area contributed by atoms with Crippen molar-refractivity contribution in [3.63, 3.8) is 0 Å². The van der Waals surface area contributed by atoms with Gasteiger partial charge in [-0.25, -0.2) is 4.98 Å². The summed E-state index contributed by atoms with van der Waals surface area (Å²) >= 11 is 0. The minimum atomic E-state index is -0.490. The predicted molar refractivity (Wildman–Crippen MR) is 97.0 cm³/mol. The normalized spacial score (nSPS) is 10.6. The quantitative estimate of drug-likeness (QED) is 0.747. The second-order valence-electron chi connectivity index (χ2n) is 5.77. The van der Waals surface area contributed by atoms with E-state index in [0.717, 1.165) is 10.9 Å². The molecule has 0 aliphatic rings. The number of phenols is 1. The average molecular weight is 337 g/mol. The zero-order valence-corrected chi connectivity index (χ0v) is 14.1. The van der Waals surface area contributed by atoms with Crippen LogP contribution in [0.5, 0.6) is 11.5 Å². The molecule has 25 heavy (non-hydrogen) atoms. The zero-order chi connectivity index (χ0) is 18.0. The van der Waals surface area contributed by atoms with Crippen LogP contribution in [0.25, 0.3) is 10.9 Å². The molecule has 3 rings (SSSR count). The van der Waals surface area contributed by atoms with Crippen molar-refractivity contribution in [2.24, 2.45) is 5.73 Å². The predicted octanol–water partition coefficient (Wildman–Crippen LogP) is 2.68. The Kier molecular flexibility index (Phi) is 4.43. The van der Waals surface area contributed by atoms with Gasteiger partial charge in [0.2, 0.25) is 5.91 Å². The first-order chi connectivity index (χ1) is 12.0. The third-order valence-corrected chi connectivity index (χ3v) is 4.02. The molecule has 0 radical (unpaired) electrons. The highest BCUT2D eigenvalue weighted by atomic mass is 16.5. The minimum Gasteiger partial charge on any atom is -0.504 e. The van der Waals surface area contributed by atoms with Crippen LogP contribution < -0.4 is 15.4 Å². The van der Waals surface area contributed by atoms with Gasteiger partial charge < -0.3 is 20.5 Å². The number of methoxy groups -OCH3 is 1. The third kappa shape index (κ3) is 3.33. The molecule has 0 atom stereocenters. The van der Waals surface area contributed by atoms with Gasteiger partial charge in [-0.1, -0.05) is 24.3 Å². The lowest BCUT2D eigenvalue weighted by Crippen LogP contribution is -2.19. The van der Waals surface area contributed by atoms with E-state index < -0.39 is 5.91 Å². The number of anilines is 1. The molecule has 1 aromatic heterocycles. The Morgan fingerprint density at radius 2 is 2.00 bits per heavy atom. The topological polar surface area (TPSA) is 88.7 Å². The number of aromatic nitrogens is 1. The Morgan fingerprint density at radius 3 is 2.68 bits per heavy atom. The van der Waals surface area contributed by atoms with Crippen LogP contribution >= 0.6 is 0 Å². The monoisotopic (exact) mass is 337 g/mol. The highest BCUT2D eigenvalue weighted by Crippen LogP contribution is 2.28. The SMILES string of the molecule is COc1ccc(CN(C)c2cc(C(N)=O)c3ccccc3n2)cc1O. The van der Waals surface area contributed by atoms with Crippen molar-refractivity contribution in [2.75, 3.05) is 19.1 Å². The molecule has 0 unspecified atom stereocenters. The lowest BCUT2D eigenvalue weighted by Gasteiger charge is -2.20. The largest absolute Gasteiger partial charge is 0.504 e. The number of benzene rings is 2. The fourth-order valence-electron chi connectivity index (χ4n) is 2.75. The number of hydrogen-bond acceptors (Lipinski definition) is 5. The number of hydrogen-bond donors (Lipinski definition) is 2. The summed E-state index contributed by atoms with van der Waals surface area (Å²) < 4.78 is 5.05. The Labute approximate surface area is 145 Å². The molecule has 0 aliphatic carbocycles. The number of phenolic OH excluding ortho intramolecular Hbond substituents is 1. The smallest absolute Gasteiger partial charge is 0.249 e. The molecule has 0 saturated heterocycles. The number of carbonyl (C=O) groups is 1. The summed E-state index contributed by atoms with van der Waals surface area (Å²) in [5, 5.41) is 10.6. The molecule has 3 aromatic rings. The van der Waals surface area contributed by atoms with E-state index in [1.54, 1.807) is 18.2 Å². The van der Waals surface area contributed by atoms with E-state index in [0.29, 0.717) is 29.2 Å². The van der Waals surface area contributed by atoms with Gasteiger partial charge in [0.1, 0.15) is 5.82 Å². The van der Waals surface area contributed by atoms with Gasteiger partial charge in [-0.15, -0.1) is 0 Å². The summed E-state index contributed by atoms with van der Waals surface area (Å²) in [6, 6.07) is 14.3. The molecular formula is C19H19N3O3. The first-order valence-electron chi connectivity index (χ1n) is 7.76. The maximum atomic E-state index is 11.8. The van der Waals surface area contributed by atoms with Gasteiger partial charge in [-0.2, -0.15) is 0 Å². The summed E-state index contributed by atoms with van der Waals surface area (Å²) in [7, 11) is 3.37. The van der Waals surface area contributed by atoms with E-state index in [1.807, 2.05) is 42.3 Å². The lowest BCUT2D eigenvalue weighted by molar-refractivity contribution is 0.100. The molecule has 1 amide bonds. The van der Waals surface area contributed by atoms with Crippen LogP contribution in [0, 0.1) is 0 Å². The molecule has 3 N–H and O–H groups in total.